The van der Waals surface area contributed by atoms with E-state index in [1.54, 1.807) is 0 Å². The van der Waals surface area contributed by atoms with Gasteiger partial charge in [0.1, 0.15) is 0 Å². The lowest BCUT2D eigenvalue weighted by Gasteiger charge is -2.31. The number of fused-ring (bicyclic) bond motifs is 1. The number of carbonyl (C=O) groups excluding carboxylic acids is 1. The first kappa shape index (κ1) is 16.3. The standard InChI is InChI=1S/C16H23N3O.ClH/c1-18(15-6-8-17-10-15)12-16(20)19-9-7-13-4-2-3-5-14(13)11-19;/h2-5,15,17H,6-12H2,1H3;1H. The predicted molar refractivity (Wildman–Crippen MR) is 86.7 cm³/mol. The fourth-order valence-electron chi connectivity index (χ4n) is 3.17. The van der Waals surface area contributed by atoms with Gasteiger partial charge in [0.05, 0.1) is 6.54 Å². The van der Waals surface area contributed by atoms with E-state index in [1.165, 1.54) is 11.1 Å². The molecular formula is C16H24ClN3O. The highest BCUT2D eigenvalue weighted by Crippen LogP contribution is 2.18. The molecule has 2 aliphatic heterocycles. The van der Waals surface area contributed by atoms with Gasteiger partial charge < -0.3 is 10.2 Å². The Morgan fingerprint density at radius 1 is 1.38 bits per heavy atom. The molecule has 21 heavy (non-hydrogen) atoms. The first-order valence-corrected chi connectivity index (χ1v) is 7.49. The number of benzene rings is 1. The van der Waals surface area contributed by atoms with Crippen molar-refractivity contribution in [3.05, 3.63) is 35.4 Å². The van der Waals surface area contributed by atoms with Crippen molar-refractivity contribution in [2.45, 2.75) is 25.4 Å². The molecule has 5 heteroatoms. The van der Waals surface area contributed by atoms with Crippen LogP contribution >= 0.6 is 12.4 Å². The molecule has 1 N–H and O–H groups in total. The lowest BCUT2D eigenvalue weighted by molar-refractivity contribution is -0.133. The van der Waals surface area contributed by atoms with Crippen LogP contribution in [0.4, 0.5) is 0 Å². The Kier molecular flexibility index (Phi) is 5.62. The molecule has 1 amide bonds. The number of rotatable bonds is 3. The molecule has 0 aliphatic carbocycles. The fraction of sp³-hybridized carbons (Fsp3) is 0.562. The molecule has 0 saturated carbocycles. The van der Waals surface area contributed by atoms with Crippen LogP contribution < -0.4 is 5.32 Å². The molecule has 2 heterocycles. The quantitative estimate of drug-likeness (QED) is 0.914. The van der Waals surface area contributed by atoms with Crippen LogP contribution in [0.15, 0.2) is 24.3 Å². The van der Waals surface area contributed by atoms with E-state index >= 15 is 0 Å². The molecule has 1 atom stereocenters. The van der Waals surface area contributed by atoms with Gasteiger partial charge in [0.2, 0.25) is 5.91 Å². The van der Waals surface area contributed by atoms with Gasteiger partial charge in [0, 0.05) is 25.7 Å². The number of amides is 1. The second-order valence-electron chi connectivity index (χ2n) is 5.90. The zero-order valence-corrected chi connectivity index (χ0v) is 13.4. The molecule has 0 radical (unpaired) electrons. The third kappa shape index (κ3) is 3.76. The summed E-state index contributed by atoms with van der Waals surface area (Å²) in [4.78, 5) is 16.6. The summed E-state index contributed by atoms with van der Waals surface area (Å²) >= 11 is 0. The average molecular weight is 310 g/mol. The Labute approximate surface area is 132 Å². The van der Waals surface area contributed by atoms with Crippen LogP contribution in [0.3, 0.4) is 0 Å². The SMILES string of the molecule is CN(CC(=O)N1CCc2ccccc2C1)C1CCNC1.Cl. The van der Waals surface area contributed by atoms with Gasteiger partial charge in [0.15, 0.2) is 0 Å². The summed E-state index contributed by atoms with van der Waals surface area (Å²) in [5.74, 6) is 0.258. The number of nitrogens with zero attached hydrogens (tertiary/aromatic N) is 2. The minimum atomic E-state index is 0. The van der Waals surface area contributed by atoms with Gasteiger partial charge in [-0.1, -0.05) is 24.3 Å². The van der Waals surface area contributed by atoms with Crippen molar-refractivity contribution in [2.75, 3.05) is 33.2 Å². The van der Waals surface area contributed by atoms with Crippen LogP contribution in [-0.2, 0) is 17.8 Å². The van der Waals surface area contributed by atoms with Gasteiger partial charge in [-0.15, -0.1) is 12.4 Å². The molecule has 3 rings (SSSR count). The Hall–Kier alpha value is -1.10. The largest absolute Gasteiger partial charge is 0.337 e. The van der Waals surface area contributed by atoms with E-state index in [4.69, 9.17) is 0 Å². The molecule has 0 spiro atoms. The molecular weight excluding hydrogens is 286 g/mol. The van der Waals surface area contributed by atoms with Gasteiger partial charge in [0.25, 0.3) is 0 Å². The Morgan fingerprint density at radius 3 is 2.86 bits per heavy atom. The second kappa shape index (κ2) is 7.25. The fourth-order valence-corrected chi connectivity index (χ4v) is 3.17. The molecule has 2 aliphatic rings. The van der Waals surface area contributed by atoms with Gasteiger partial charge in [-0.05, 0) is 37.6 Å². The van der Waals surface area contributed by atoms with Crippen LogP contribution in [0, 0.1) is 0 Å². The maximum Gasteiger partial charge on any atom is 0.237 e. The summed E-state index contributed by atoms with van der Waals surface area (Å²) < 4.78 is 0. The zero-order valence-electron chi connectivity index (χ0n) is 12.5. The first-order valence-electron chi connectivity index (χ1n) is 7.49. The number of hydrogen-bond acceptors (Lipinski definition) is 3. The van der Waals surface area contributed by atoms with E-state index in [2.05, 4.69) is 41.5 Å². The van der Waals surface area contributed by atoms with E-state index in [0.717, 1.165) is 39.0 Å². The molecule has 1 unspecified atom stereocenters. The van der Waals surface area contributed by atoms with Crippen LogP contribution in [0.2, 0.25) is 0 Å². The average Bonchev–Trinajstić information content (AvgIpc) is 3.01. The normalized spacial score (nSPS) is 21.0. The molecule has 1 saturated heterocycles. The smallest absolute Gasteiger partial charge is 0.237 e. The predicted octanol–water partition coefficient (Wildman–Crippen LogP) is 1.29. The minimum absolute atomic E-state index is 0. The molecule has 1 aromatic rings. The number of nitrogens with one attached hydrogen (secondary N) is 1. The van der Waals surface area contributed by atoms with Gasteiger partial charge in [-0.25, -0.2) is 0 Å². The van der Waals surface area contributed by atoms with Crippen molar-refractivity contribution in [3.8, 4) is 0 Å². The van der Waals surface area contributed by atoms with Crippen LogP contribution in [0.5, 0.6) is 0 Å². The van der Waals surface area contributed by atoms with Gasteiger partial charge in [-0.2, -0.15) is 0 Å². The van der Waals surface area contributed by atoms with Gasteiger partial charge >= 0.3 is 0 Å². The van der Waals surface area contributed by atoms with E-state index in [-0.39, 0.29) is 18.3 Å². The maximum absolute atomic E-state index is 12.4. The Bertz CT molecular complexity index is 488. The van der Waals surface area contributed by atoms with Crippen LogP contribution in [0.1, 0.15) is 17.5 Å². The zero-order chi connectivity index (χ0) is 13.9. The highest BCUT2D eigenvalue weighted by atomic mass is 35.5. The molecule has 1 aromatic carbocycles. The molecule has 116 valence electrons. The lowest BCUT2D eigenvalue weighted by Crippen LogP contribution is -2.45. The molecule has 4 nitrogen and oxygen atoms in total. The van der Waals surface area contributed by atoms with Crippen molar-refractivity contribution >= 4 is 18.3 Å². The van der Waals surface area contributed by atoms with Crippen molar-refractivity contribution < 1.29 is 4.79 Å². The summed E-state index contributed by atoms with van der Waals surface area (Å²) in [7, 11) is 2.06. The van der Waals surface area contributed by atoms with E-state index in [9.17, 15) is 4.79 Å². The minimum Gasteiger partial charge on any atom is -0.337 e. The highest BCUT2D eigenvalue weighted by molar-refractivity contribution is 5.85. The maximum atomic E-state index is 12.4. The van der Waals surface area contributed by atoms with Crippen molar-refractivity contribution in [3.63, 3.8) is 0 Å². The molecule has 0 aromatic heterocycles. The topological polar surface area (TPSA) is 35.6 Å². The van der Waals surface area contributed by atoms with Crippen molar-refractivity contribution in [2.24, 2.45) is 0 Å². The van der Waals surface area contributed by atoms with Crippen molar-refractivity contribution in [1.82, 2.24) is 15.1 Å². The molecule has 1 fully saturated rings. The third-order valence-corrected chi connectivity index (χ3v) is 4.53. The summed E-state index contributed by atoms with van der Waals surface area (Å²) in [5, 5.41) is 3.35. The Balaban J connectivity index is 0.00000161. The first-order chi connectivity index (χ1) is 9.74. The molecule has 0 bridgehead atoms. The van der Waals surface area contributed by atoms with E-state index < -0.39 is 0 Å². The van der Waals surface area contributed by atoms with E-state index in [0.29, 0.717) is 12.6 Å². The summed E-state index contributed by atoms with van der Waals surface area (Å²) in [6, 6.07) is 8.96. The monoisotopic (exact) mass is 309 g/mol. The van der Waals surface area contributed by atoms with E-state index in [1.807, 2.05) is 4.90 Å². The summed E-state index contributed by atoms with van der Waals surface area (Å²) in [6.45, 7) is 4.24. The lowest BCUT2D eigenvalue weighted by atomic mass is 10.00. The summed E-state index contributed by atoms with van der Waals surface area (Å²) in [5.41, 5.74) is 2.70. The second-order valence-corrected chi connectivity index (χ2v) is 5.90. The van der Waals surface area contributed by atoms with Crippen LogP contribution in [0.25, 0.3) is 0 Å². The van der Waals surface area contributed by atoms with Crippen LogP contribution in [-0.4, -0.2) is 55.0 Å². The number of hydrogen-bond donors (Lipinski definition) is 1. The number of halogens is 1. The third-order valence-electron chi connectivity index (χ3n) is 4.53. The summed E-state index contributed by atoms with van der Waals surface area (Å²) in [6.07, 6.45) is 2.13. The Morgan fingerprint density at radius 2 is 2.14 bits per heavy atom. The number of likely N-dealkylation sites (N-methyl/N-ethyl adjacent to an activating group) is 1. The van der Waals surface area contributed by atoms with Crippen molar-refractivity contribution in [1.29, 1.82) is 0 Å². The highest BCUT2D eigenvalue weighted by Gasteiger charge is 2.25. The number of carbonyl (C=O) groups is 1. The van der Waals surface area contributed by atoms with Gasteiger partial charge in [-0.3, -0.25) is 9.69 Å².